The number of benzene rings is 1. The number of nitrogens with zero attached hydrogens (tertiary/aromatic N) is 3. The summed E-state index contributed by atoms with van der Waals surface area (Å²) in [4.78, 5) is 14.9. The van der Waals surface area contributed by atoms with Crippen molar-refractivity contribution in [3.63, 3.8) is 0 Å². The van der Waals surface area contributed by atoms with Crippen molar-refractivity contribution in [1.82, 2.24) is 14.7 Å². The number of likely N-dealkylation sites (tertiary alicyclic amines) is 1. The average Bonchev–Trinajstić information content (AvgIpc) is 3.24. The monoisotopic (exact) mass is 324 g/mol. The standard InChI is InChI=1S/C19H24N4O/c1-15(2)9-13-22-11-4-8-18(22)19(24)21-16-6-3-7-17(14-16)23-12-5-10-20-23/h3,5-7,9-10,12,14,18H,4,8,11,13H2,1-2H3,(H,21,24)/t18-/m0/s1. The van der Waals surface area contributed by atoms with Crippen LogP contribution in [0.5, 0.6) is 0 Å². The molecule has 0 aliphatic carbocycles. The van der Waals surface area contributed by atoms with E-state index in [-0.39, 0.29) is 11.9 Å². The van der Waals surface area contributed by atoms with Crippen LogP contribution in [0.4, 0.5) is 5.69 Å². The molecule has 1 amide bonds. The molecule has 126 valence electrons. The highest BCUT2D eigenvalue weighted by Crippen LogP contribution is 2.20. The highest BCUT2D eigenvalue weighted by Gasteiger charge is 2.29. The molecule has 1 aromatic carbocycles. The molecule has 1 saturated heterocycles. The molecule has 0 saturated carbocycles. The van der Waals surface area contributed by atoms with Crippen LogP contribution in [0.3, 0.4) is 0 Å². The molecule has 1 aromatic heterocycles. The summed E-state index contributed by atoms with van der Waals surface area (Å²) >= 11 is 0. The summed E-state index contributed by atoms with van der Waals surface area (Å²) in [6.07, 6.45) is 7.80. The predicted octanol–water partition coefficient (Wildman–Crippen LogP) is 3.24. The van der Waals surface area contributed by atoms with Crippen molar-refractivity contribution in [2.45, 2.75) is 32.7 Å². The van der Waals surface area contributed by atoms with Crippen LogP contribution in [-0.2, 0) is 4.79 Å². The molecule has 3 rings (SSSR count). The Labute approximate surface area is 143 Å². The highest BCUT2D eigenvalue weighted by molar-refractivity contribution is 5.95. The van der Waals surface area contributed by atoms with Gasteiger partial charge in [0.05, 0.1) is 11.7 Å². The molecule has 2 heterocycles. The van der Waals surface area contributed by atoms with Gasteiger partial charge in [-0.15, -0.1) is 0 Å². The SMILES string of the molecule is CC(C)=CCN1CCC[C@H]1C(=O)Nc1cccc(-n2cccn2)c1. The van der Waals surface area contributed by atoms with Crippen LogP contribution < -0.4 is 5.32 Å². The Morgan fingerprint density at radius 3 is 3.00 bits per heavy atom. The van der Waals surface area contributed by atoms with Gasteiger partial charge >= 0.3 is 0 Å². The summed E-state index contributed by atoms with van der Waals surface area (Å²) < 4.78 is 1.78. The first-order valence-electron chi connectivity index (χ1n) is 8.42. The molecule has 2 aromatic rings. The van der Waals surface area contributed by atoms with E-state index in [9.17, 15) is 4.79 Å². The van der Waals surface area contributed by atoms with Gasteiger partial charge in [0.25, 0.3) is 0 Å². The number of allylic oxidation sites excluding steroid dienone is 1. The maximum Gasteiger partial charge on any atom is 0.241 e. The maximum atomic E-state index is 12.7. The molecule has 0 bridgehead atoms. The number of amides is 1. The first-order chi connectivity index (χ1) is 11.6. The molecule has 1 aliphatic rings. The van der Waals surface area contributed by atoms with Crippen molar-refractivity contribution in [3.05, 3.63) is 54.4 Å². The highest BCUT2D eigenvalue weighted by atomic mass is 16.2. The number of carbonyl (C=O) groups is 1. The number of hydrogen-bond acceptors (Lipinski definition) is 3. The van der Waals surface area contributed by atoms with Crippen molar-refractivity contribution in [3.8, 4) is 5.69 Å². The van der Waals surface area contributed by atoms with E-state index >= 15 is 0 Å². The molecule has 1 N–H and O–H groups in total. The summed E-state index contributed by atoms with van der Waals surface area (Å²) in [7, 11) is 0. The molecule has 0 spiro atoms. The van der Waals surface area contributed by atoms with Crippen molar-refractivity contribution < 1.29 is 4.79 Å². The van der Waals surface area contributed by atoms with Crippen molar-refractivity contribution in [1.29, 1.82) is 0 Å². The molecular weight excluding hydrogens is 300 g/mol. The second-order valence-electron chi connectivity index (χ2n) is 6.42. The van der Waals surface area contributed by atoms with E-state index in [1.54, 1.807) is 10.9 Å². The summed E-state index contributed by atoms with van der Waals surface area (Å²) in [6.45, 7) is 6.00. The van der Waals surface area contributed by atoms with Crippen LogP contribution in [0.2, 0.25) is 0 Å². The Kier molecular flexibility index (Phi) is 5.11. The smallest absolute Gasteiger partial charge is 0.241 e. The van der Waals surface area contributed by atoms with Crippen molar-refractivity contribution in [2.75, 3.05) is 18.4 Å². The molecule has 0 radical (unpaired) electrons. The largest absolute Gasteiger partial charge is 0.325 e. The Morgan fingerprint density at radius 1 is 1.38 bits per heavy atom. The zero-order valence-electron chi connectivity index (χ0n) is 14.3. The third-order valence-electron chi connectivity index (χ3n) is 4.28. The molecule has 5 nitrogen and oxygen atoms in total. The lowest BCUT2D eigenvalue weighted by molar-refractivity contribution is -0.120. The Balaban J connectivity index is 1.68. The molecule has 1 atom stereocenters. The van der Waals surface area contributed by atoms with Gasteiger partial charge in [-0.25, -0.2) is 4.68 Å². The van der Waals surface area contributed by atoms with Crippen LogP contribution in [0.1, 0.15) is 26.7 Å². The lowest BCUT2D eigenvalue weighted by Crippen LogP contribution is -2.39. The van der Waals surface area contributed by atoms with Gasteiger partial charge in [-0.05, 0) is 57.5 Å². The van der Waals surface area contributed by atoms with Gasteiger partial charge in [0.15, 0.2) is 0 Å². The molecule has 1 aliphatic heterocycles. The fourth-order valence-corrected chi connectivity index (χ4v) is 3.01. The van der Waals surface area contributed by atoms with E-state index in [4.69, 9.17) is 0 Å². The Hall–Kier alpha value is -2.40. The van der Waals surface area contributed by atoms with E-state index in [2.05, 4.69) is 35.2 Å². The summed E-state index contributed by atoms with van der Waals surface area (Å²) in [5, 5.41) is 7.29. The fraction of sp³-hybridized carbons (Fsp3) is 0.368. The van der Waals surface area contributed by atoms with E-state index in [0.717, 1.165) is 37.3 Å². The topological polar surface area (TPSA) is 50.2 Å². The number of aromatic nitrogens is 2. The Bertz CT molecular complexity index is 717. The summed E-state index contributed by atoms with van der Waals surface area (Å²) in [6, 6.07) is 9.60. The van der Waals surface area contributed by atoms with Crippen LogP contribution in [0.15, 0.2) is 54.4 Å². The maximum absolute atomic E-state index is 12.7. The van der Waals surface area contributed by atoms with Crippen LogP contribution in [0, 0.1) is 0 Å². The average molecular weight is 324 g/mol. The Morgan fingerprint density at radius 2 is 2.25 bits per heavy atom. The van der Waals surface area contributed by atoms with E-state index in [1.165, 1.54) is 5.57 Å². The number of rotatable bonds is 5. The van der Waals surface area contributed by atoms with Gasteiger partial charge < -0.3 is 5.32 Å². The molecule has 5 heteroatoms. The van der Waals surface area contributed by atoms with Gasteiger partial charge in [-0.3, -0.25) is 9.69 Å². The zero-order valence-corrected chi connectivity index (χ0v) is 14.3. The van der Waals surface area contributed by atoms with Crippen molar-refractivity contribution in [2.24, 2.45) is 0 Å². The van der Waals surface area contributed by atoms with Gasteiger partial charge in [0.2, 0.25) is 5.91 Å². The number of anilines is 1. The minimum atomic E-state index is -0.0473. The number of hydrogen-bond donors (Lipinski definition) is 1. The third-order valence-corrected chi connectivity index (χ3v) is 4.28. The quantitative estimate of drug-likeness (QED) is 0.859. The molecule has 0 unspecified atom stereocenters. The van der Waals surface area contributed by atoms with Crippen molar-refractivity contribution >= 4 is 11.6 Å². The third kappa shape index (κ3) is 3.92. The number of carbonyl (C=O) groups excluding carboxylic acids is 1. The summed E-state index contributed by atoms with van der Waals surface area (Å²) in [5.41, 5.74) is 3.03. The van der Waals surface area contributed by atoms with Gasteiger partial charge in [0, 0.05) is 24.6 Å². The lowest BCUT2D eigenvalue weighted by atomic mass is 10.2. The van der Waals surface area contributed by atoms with E-state index < -0.39 is 0 Å². The minimum absolute atomic E-state index is 0.0473. The summed E-state index contributed by atoms with van der Waals surface area (Å²) in [5.74, 6) is 0.0762. The van der Waals surface area contributed by atoms with Crippen LogP contribution in [-0.4, -0.2) is 39.7 Å². The molecule has 24 heavy (non-hydrogen) atoms. The first-order valence-corrected chi connectivity index (χ1v) is 8.42. The van der Waals surface area contributed by atoms with Crippen LogP contribution in [0.25, 0.3) is 5.69 Å². The molecule has 1 fully saturated rings. The van der Waals surface area contributed by atoms with E-state index in [0.29, 0.717) is 0 Å². The van der Waals surface area contributed by atoms with Gasteiger partial charge in [0.1, 0.15) is 0 Å². The first kappa shape index (κ1) is 16.5. The molecular formula is C19H24N4O. The predicted molar refractivity (Wildman–Crippen MR) is 96.2 cm³/mol. The minimum Gasteiger partial charge on any atom is -0.325 e. The number of nitrogens with one attached hydrogen (secondary N) is 1. The fourth-order valence-electron chi connectivity index (χ4n) is 3.01. The van der Waals surface area contributed by atoms with E-state index in [1.807, 2.05) is 36.5 Å². The van der Waals surface area contributed by atoms with Gasteiger partial charge in [-0.1, -0.05) is 17.7 Å². The normalized spacial score (nSPS) is 17.7. The lowest BCUT2D eigenvalue weighted by Gasteiger charge is -2.22. The van der Waals surface area contributed by atoms with Crippen LogP contribution >= 0.6 is 0 Å². The second-order valence-corrected chi connectivity index (χ2v) is 6.42. The second kappa shape index (κ2) is 7.45. The zero-order chi connectivity index (χ0) is 16.9. The van der Waals surface area contributed by atoms with Gasteiger partial charge in [-0.2, -0.15) is 5.10 Å².